The van der Waals surface area contributed by atoms with Gasteiger partial charge in [-0.15, -0.1) is 0 Å². The number of carbonyl (C=O) groups is 1. The fourth-order valence-electron chi connectivity index (χ4n) is 1.73. The van der Waals surface area contributed by atoms with Gasteiger partial charge in [-0.3, -0.25) is 15.0 Å². The molecule has 0 N–H and O–H groups in total. The summed E-state index contributed by atoms with van der Waals surface area (Å²) in [4.78, 5) is 23.6. The Hall–Kier alpha value is -2.89. The summed E-state index contributed by atoms with van der Waals surface area (Å²) in [5.74, 6) is -0.0774. The van der Waals surface area contributed by atoms with Gasteiger partial charge in [-0.05, 0) is 25.1 Å². The molecule has 2 aromatic rings. The number of aryl methyl sites for hydroxylation is 1. The Balaban J connectivity index is 2.18. The molecule has 0 aliphatic carbocycles. The lowest BCUT2D eigenvalue weighted by molar-refractivity contribution is -0.385. The summed E-state index contributed by atoms with van der Waals surface area (Å²) < 4.78 is 5.10. The number of rotatable bonds is 3. The van der Waals surface area contributed by atoms with E-state index in [9.17, 15) is 14.9 Å². The number of nitro groups is 1. The zero-order chi connectivity index (χ0) is 15.4. The van der Waals surface area contributed by atoms with Gasteiger partial charge in [0.15, 0.2) is 0 Å². The van der Waals surface area contributed by atoms with Crippen molar-refractivity contribution < 1.29 is 14.5 Å². The Kier molecular flexibility index (Phi) is 4.18. The summed E-state index contributed by atoms with van der Waals surface area (Å²) in [6, 6.07) is 13.0. The number of nitro benzene ring substituents is 1. The van der Waals surface area contributed by atoms with Gasteiger partial charge in [0, 0.05) is 18.8 Å². The average Bonchev–Trinajstić information content (AvgIpc) is 2.47. The van der Waals surface area contributed by atoms with Gasteiger partial charge in [0.2, 0.25) is 5.75 Å². The number of hydrogen-bond donors (Lipinski definition) is 0. The minimum atomic E-state index is -0.687. The van der Waals surface area contributed by atoms with E-state index in [1.165, 1.54) is 23.1 Å². The highest BCUT2D eigenvalue weighted by atomic mass is 16.6. The van der Waals surface area contributed by atoms with Gasteiger partial charge in [0.1, 0.15) is 0 Å². The summed E-state index contributed by atoms with van der Waals surface area (Å²) in [6.45, 7) is 1.94. The summed E-state index contributed by atoms with van der Waals surface area (Å²) >= 11 is 0. The van der Waals surface area contributed by atoms with Crippen molar-refractivity contribution in [2.75, 3.05) is 11.9 Å². The minimum absolute atomic E-state index is 0.0774. The van der Waals surface area contributed by atoms with Gasteiger partial charge < -0.3 is 4.74 Å². The van der Waals surface area contributed by atoms with Crippen molar-refractivity contribution in [3.05, 3.63) is 64.2 Å². The molecular weight excluding hydrogens is 272 g/mol. The standard InChI is InChI=1S/C15H14N2O4/c1-11-7-9-12(10-8-11)16(2)15(18)21-14-6-4-3-5-13(14)17(19)20/h3-10H,1-2H3. The first-order valence-electron chi connectivity index (χ1n) is 6.24. The van der Waals surface area contributed by atoms with Crippen LogP contribution in [0.25, 0.3) is 0 Å². The molecule has 0 radical (unpaired) electrons. The molecule has 0 unspecified atom stereocenters. The average molecular weight is 286 g/mol. The van der Waals surface area contributed by atoms with Crippen LogP contribution in [0.5, 0.6) is 5.75 Å². The molecule has 0 atom stereocenters. The van der Waals surface area contributed by atoms with Crippen LogP contribution in [0.1, 0.15) is 5.56 Å². The first kappa shape index (κ1) is 14.5. The Morgan fingerprint density at radius 2 is 1.76 bits per heavy atom. The van der Waals surface area contributed by atoms with E-state index in [2.05, 4.69) is 0 Å². The number of benzene rings is 2. The molecule has 0 fully saturated rings. The van der Waals surface area contributed by atoms with Crippen molar-refractivity contribution in [1.82, 2.24) is 0 Å². The monoisotopic (exact) mass is 286 g/mol. The van der Waals surface area contributed by atoms with Gasteiger partial charge in [-0.2, -0.15) is 0 Å². The molecule has 0 spiro atoms. The third-order valence-electron chi connectivity index (χ3n) is 2.95. The molecule has 0 aliphatic heterocycles. The molecule has 6 heteroatoms. The summed E-state index contributed by atoms with van der Waals surface area (Å²) in [5, 5.41) is 10.9. The fourth-order valence-corrected chi connectivity index (χ4v) is 1.73. The van der Waals surface area contributed by atoms with E-state index < -0.39 is 11.0 Å². The molecule has 2 rings (SSSR count). The van der Waals surface area contributed by atoms with Crippen LogP contribution < -0.4 is 9.64 Å². The maximum absolute atomic E-state index is 12.1. The van der Waals surface area contributed by atoms with E-state index >= 15 is 0 Å². The summed E-state index contributed by atoms with van der Waals surface area (Å²) in [6.07, 6.45) is -0.687. The van der Waals surface area contributed by atoms with Crippen molar-refractivity contribution in [2.45, 2.75) is 6.92 Å². The van der Waals surface area contributed by atoms with Crippen LogP contribution in [0, 0.1) is 17.0 Å². The maximum atomic E-state index is 12.1. The van der Waals surface area contributed by atoms with E-state index in [-0.39, 0.29) is 11.4 Å². The van der Waals surface area contributed by atoms with Crippen LogP contribution in [0.3, 0.4) is 0 Å². The van der Waals surface area contributed by atoms with Crippen molar-refractivity contribution in [3.63, 3.8) is 0 Å². The number of hydrogen-bond acceptors (Lipinski definition) is 4. The van der Waals surface area contributed by atoms with Crippen LogP contribution in [0.2, 0.25) is 0 Å². The lowest BCUT2D eigenvalue weighted by Gasteiger charge is -2.16. The molecule has 0 bridgehead atoms. The smallest absolute Gasteiger partial charge is 0.403 e. The number of carbonyl (C=O) groups excluding carboxylic acids is 1. The largest absolute Gasteiger partial charge is 0.419 e. The van der Waals surface area contributed by atoms with E-state index in [1.807, 2.05) is 19.1 Å². The first-order valence-corrected chi connectivity index (χ1v) is 6.24. The molecule has 0 saturated heterocycles. The second-order valence-electron chi connectivity index (χ2n) is 4.49. The van der Waals surface area contributed by atoms with Gasteiger partial charge >= 0.3 is 11.8 Å². The van der Waals surface area contributed by atoms with Crippen molar-refractivity contribution >= 4 is 17.5 Å². The van der Waals surface area contributed by atoms with Crippen LogP contribution in [0.15, 0.2) is 48.5 Å². The minimum Gasteiger partial charge on any atom is -0.403 e. The summed E-state index contributed by atoms with van der Waals surface area (Å²) in [7, 11) is 1.54. The normalized spacial score (nSPS) is 10.0. The quantitative estimate of drug-likeness (QED) is 0.639. The molecule has 0 heterocycles. The molecule has 0 aromatic heterocycles. The van der Waals surface area contributed by atoms with Crippen LogP contribution in [0.4, 0.5) is 16.2 Å². The maximum Gasteiger partial charge on any atom is 0.419 e. The van der Waals surface area contributed by atoms with Crippen LogP contribution >= 0.6 is 0 Å². The summed E-state index contributed by atoms with van der Waals surface area (Å²) in [5.41, 5.74) is 1.46. The molecular formula is C15H14N2O4. The number of anilines is 1. The second-order valence-corrected chi connectivity index (χ2v) is 4.49. The number of ether oxygens (including phenoxy) is 1. The van der Waals surface area contributed by atoms with Crippen molar-refractivity contribution in [1.29, 1.82) is 0 Å². The zero-order valence-corrected chi connectivity index (χ0v) is 11.6. The van der Waals surface area contributed by atoms with E-state index in [1.54, 1.807) is 25.2 Å². The molecule has 21 heavy (non-hydrogen) atoms. The molecule has 0 aliphatic rings. The van der Waals surface area contributed by atoms with Gasteiger partial charge in [0.05, 0.1) is 4.92 Å². The predicted octanol–water partition coefficient (Wildman–Crippen LogP) is 3.54. The molecule has 6 nitrogen and oxygen atoms in total. The lowest BCUT2D eigenvalue weighted by atomic mass is 10.2. The Morgan fingerprint density at radius 1 is 1.14 bits per heavy atom. The van der Waals surface area contributed by atoms with Gasteiger partial charge in [0.25, 0.3) is 0 Å². The third-order valence-corrected chi connectivity index (χ3v) is 2.95. The molecule has 108 valence electrons. The highest BCUT2D eigenvalue weighted by Gasteiger charge is 2.20. The predicted molar refractivity (Wildman–Crippen MR) is 78.7 cm³/mol. The van der Waals surface area contributed by atoms with E-state index in [0.29, 0.717) is 5.69 Å². The van der Waals surface area contributed by atoms with Crippen LogP contribution in [-0.2, 0) is 0 Å². The first-order chi connectivity index (χ1) is 9.99. The number of amides is 1. The lowest BCUT2D eigenvalue weighted by Crippen LogP contribution is -2.29. The number of para-hydroxylation sites is 2. The van der Waals surface area contributed by atoms with Gasteiger partial charge in [-0.1, -0.05) is 29.8 Å². The molecule has 0 saturated carbocycles. The van der Waals surface area contributed by atoms with Crippen molar-refractivity contribution in [3.8, 4) is 5.75 Å². The SMILES string of the molecule is Cc1ccc(N(C)C(=O)Oc2ccccc2[N+](=O)[O-])cc1. The Morgan fingerprint density at radius 3 is 2.38 bits per heavy atom. The highest BCUT2D eigenvalue weighted by molar-refractivity contribution is 5.89. The fraction of sp³-hybridized carbons (Fsp3) is 0.133. The van der Waals surface area contributed by atoms with Crippen LogP contribution in [-0.4, -0.2) is 18.1 Å². The zero-order valence-electron chi connectivity index (χ0n) is 11.6. The topological polar surface area (TPSA) is 72.7 Å². The molecule has 1 amide bonds. The molecule has 2 aromatic carbocycles. The highest BCUT2D eigenvalue weighted by Crippen LogP contribution is 2.27. The number of nitrogens with zero attached hydrogens (tertiary/aromatic N) is 2. The van der Waals surface area contributed by atoms with Gasteiger partial charge in [-0.25, -0.2) is 4.79 Å². The van der Waals surface area contributed by atoms with E-state index in [4.69, 9.17) is 4.74 Å². The Labute approximate surface area is 121 Å². The third kappa shape index (κ3) is 3.36. The van der Waals surface area contributed by atoms with E-state index in [0.717, 1.165) is 5.56 Å². The second kappa shape index (κ2) is 6.04. The Bertz CT molecular complexity index is 668. The van der Waals surface area contributed by atoms with Crippen molar-refractivity contribution in [2.24, 2.45) is 0 Å².